The minimum atomic E-state index is -1.39. The van der Waals surface area contributed by atoms with Gasteiger partial charge in [-0.15, -0.1) is 0 Å². The van der Waals surface area contributed by atoms with Crippen LogP contribution in [-0.4, -0.2) is 41.5 Å². The Morgan fingerprint density at radius 1 is 1.35 bits per heavy atom. The summed E-state index contributed by atoms with van der Waals surface area (Å²) < 4.78 is 14.9. The molecule has 2 aromatic heterocycles. The summed E-state index contributed by atoms with van der Waals surface area (Å²) >= 11 is 0. The van der Waals surface area contributed by atoms with Crippen molar-refractivity contribution in [2.75, 3.05) is 5.32 Å². The summed E-state index contributed by atoms with van der Waals surface area (Å²) in [6.07, 6.45) is 2.68. The van der Waals surface area contributed by atoms with Gasteiger partial charge in [-0.2, -0.15) is 5.10 Å². The molecule has 8 nitrogen and oxygen atoms in total. The average molecular weight is 360 g/mol. The molecule has 0 saturated heterocycles. The molecule has 1 atom stereocenters. The number of nitrogens with one attached hydrogen (secondary N) is 1. The van der Waals surface area contributed by atoms with Crippen molar-refractivity contribution in [2.24, 2.45) is 0 Å². The third-order valence-corrected chi connectivity index (χ3v) is 3.90. The van der Waals surface area contributed by atoms with E-state index in [2.05, 4.69) is 15.4 Å². The lowest BCUT2D eigenvalue weighted by atomic mass is 9.91. The van der Waals surface area contributed by atoms with E-state index in [9.17, 15) is 24.5 Å². The number of hydrogen-bond acceptors (Lipinski definition) is 6. The first-order valence-electron chi connectivity index (χ1n) is 7.72. The van der Waals surface area contributed by atoms with Crippen molar-refractivity contribution < 1.29 is 24.5 Å². The fourth-order valence-electron chi connectivity index (χ4n) is 2.64. The number of aromatic hydroxyl groups is 1. The molecule has 0 amide bonds. The first kappa shape index (κ1) is 17.6. The highest BCUT2D eigenvalue weighted by Crippen LogP contribution is 2.34. The fraction of sp³-hybridized carbons (Fsp3) is 0.235. The average Bonchev–Trinajstić information content (AvgIpc) is 2.97. The molecule has 3 rings (SSSR count). The van der Waals surface area contributed by atoms with Crippen LogP contribution in [-0.2, 0) is 0 Å². The molecule has 0 unspecified atom stereocenters. The van der Waals surface area contributed by atoms with Crippen LogP contribution in [0.15, 0.2) is 36.7 Å². The minimum absolute atomic E-state index is 0.0814. The maximum absolute atomic E-state index is 13.6. The number of aliphatic hydroxyl groups is 1. The summed E-state index contributed by atoms with van der Waals surface area (Å²) in [6, 6.07) is 4.03. The second-order valence-corrected chi connectivity index (χ2v) is 6.38. The largest absolute Gasteiger partial charge is 0.508 e. The van der Waals surface area contributed by atoms with Crippen LogP contribution in [0.3, 0.4) is 0 Å². The number of aromatic carboxylic acids is 1. The number of anilines is 1. The second kappa shape index (κ2) is 6.26. The predicted molar refractivity (Wildman–Crippen MR) is 90.7 cm³/mol. The SMILES string of the molecule is CC(C)(O)[C@@H](Nc1ccn2ncc(C(=O)O)c2n1)c1cc(F)ccc1O. The van der Waals surface area contributed by atoms with E-state index in [1.807, 2.05) is 0 Å². The summed E-state index contributed by atoms with van der Waals surface area (Å²) in [5.41, 5.74) is -1.22. The van der Waals surface area contributed by atoms with E-state index in [1.165, 1.54) is 42.9 Å². The molecule has 4 N–H and O–H groups in total. The van der Waals surface area contributed by atoms with Crippen molar-refractivity contribution in [1.82, 2.24) is 14.6 Å². The third kappa shape index (κ3) is 3.29. The van der Waals surface area contributed by atoms with Crippen molar-refractivity contribution in [1.29, 1.82) is 0 Å². The molecule has 136 valence electrons. The Kier molecular flexibility index (Phi) is 4.25. The summed E-state index contributed by atoms with van der Waals surface area (Å²) in [5.74, 6) is -1.70. The fourth-order valence-corrected chi connectivity index (χ4v) is 2.64. The number of hydrogen-bond donors (Lipinski definition) is 4. The van der Waals surface area contributed by atoms with Crippen molar-refractivity contribution in [3.8, 4) is 5.75 Å². The second-order valence-electron chi connectivity index (χ2n) is 6.38. The van der Waals surface area contributed by atoms with Gasteiger partial charge in [-0.05, 0) is 38.1 Å². The van der Waals surface area contributed by atoms with Crippen LogP contribution in [0.1, 0.15) is 35.8 Å². The van der Waals surface area contributed by atoms with Crippen LogP contribution < -0.4 is 5.32 Å². The first-order valence-corrected chi connectivity index (χ1v) is 7.72. The molecule has 0 aliphatic heterocycles. The van der Waals surface area contributed by atoms with Gasteiger partial charge < -0.3 is 20.6 Å². The van der Waals surface area contributed by atoms with Crippen molar-refractivity contribution in [3.05, 3.63) is 53.6 Å². The van der Waals surface area contributed by atoms with E-state index < -0.39 is 23.4 Å². The zero-order valence-corrected chi connectivity index (χ0v) is 14.0. The van der Waals surface area contributed by atoms with Gasteiger partial charge in [-0.25, -0.2) is 18.7 Å². The lowest BCUT2D eigenvalue weighted by molar-refractivity contribution is 0.0578. The van der Waals surface area contributed by atoms with Crippen LogP contribution >= 0.6 is 0 Å². The smallest absolute Gasteiger partial charge is 0.341 e. The summed E-state index contributed by atoms with van der Waals surface area (Å²) in [7, 11) is 0. The molecular formula is C17H17FN4O4. The molecule has 2 heterocycles. The molecule has 26 heavy (non-hydrogen) atoms. The maximum Gasteiger partial charge on any atom is 0.341 e. The van der Waals surface area contributed by atoms with Crippen LogP contribution in [0.5, 0.6) is 5.75 Å². The Hall–Kier alpha value is -3.20. The Labute approximate surface area is 147 Å². The van der Waals surface area contributed by atoms with Gasteiger partial charge in [0, 0.05) is 11.8 Å². The Morgan fingerprint density at radius 3 is 2.73 bits per heavy atom. The number of carboxylic acid groups (broad SMARTS) is 1. The number of nitrogens with zero attached hydrogens (tertiary/aromatic N) is 3. The van der Waals surface area contributed by atoms with E-state index >= 15 is 0 Å². The molecule has 1 aromatic carbocycles. The Morgan fingerprint density at radius 2 is 2.08 bits per heavy atom. The monoisotopic (exact) mass is 360 g/mol. The van der Waals surface area contributed by atoms with Gasteiger partial charge >= 0.3 is 5.97 Å². The summed E-state index contributed by atoms with van der Waals surface area (Å²) in [6.45, 7) is 2.99. The zero-order valence-electron chi connectivity index (χ0n) is 14.0. The lowest BCUT2D eigenvalue weighted by Crippen LogP contribution is -2.34. The highest BCUT2D eigenvalue weighted by Gasteiger charge is 2.31. The van der Waals surface area contributed by atoms with Gasteiger partial charge in [-0.3, -0.25) is 0 Å². The summed E-state index contributed by atoms with van der Waals surface area (Å²) in [4.78, 5) is 15.5. The number of fused-ring (bicyclic) bond motifs is 1. The zero-order chi connectivity index (χ0) is 19.1. The third-order valence-electron chi connectivity index (χ3n) is 3.90. The number of aromatic nitrogens is 3. The van der Waals surface area contributed by atoms with E-state index in [4.69, 9.17) is 0 Å². The maximum atomic E-state index is 13.6. The van der Waals surface area contributed by atoms with Gasteiger partial charge in [-0.1, -0.05) is 0 Å². The first-order chi connectivity index (χ1) is 12.2. The molecule has 0 radical (unpaired) electrons. The summed E-state index contributed by atoms with van der Waals surface area (Å²) in [5, 5.41) is 36.6. The van der Waals surface area contributed by atoms with E-state index in [-0.39, 0.29) is 28.3 Å². The minimum Gasteiger partial charge on any atom is -0.508 e. The lowest BCUT2D eigenvalue weighted by Gasteiger charge is -2.31. The van der Waals surface area contributed by atoms with E-state index in [0.717, 1.165) is 12.1 Å². The number of carbonyl (C=O) groups is 1. The van der Waals surface area contributed by atoms with Crippen LogP contribution in [0.2, 0.25) is 0 Å². The number of phenols is 1. The molecular weight excluding hydrogens is 343 g/mol. The molecule has 0 bridgehead atoms. The molecule has 0 spiro atoms. The predicted octanol–water partition coefficient (Wildman–Crippen LogP) is 2.20. The molecule has 0 aliphatic rings. The molecule has 0 fully saturated rings. The van der Waals surface area contributed by atoms with Gasteiger partial charge in [0.05, 0.1) is 17.8 Å². The van der Waals surface area contributed by atoms with Crippen molar-refractivity contribution in [3.63, 3.8) is 0 Å². The number of benzene rings is 1. The van der Waals surface area contributed by atoms with Gasteiger partial charge in [0.15, 0.2) is 5.65 Å². The quantitative estimate of drug-likeness (QED) is 0.550. The number of phenolic OH excluding ortho intramolecular Hbond substituents is 1. The molecule has 0 saturated carbocycles. The normalized spacial score (nSPS) is 12.9. The Bertz CT molecular complexity index is 981. The van der Waals surface area contributed by atoms with Crippen LogP contribution in [0, 0.1) is 5.82 Å². The van der Waals surface area contributed by atoms with E-state index in [1.54, 1.807) is 0 Å². The van der Waals surface area contributed by atoms with Gasteiger partial charge in [0.25, 0.3) is 0 Å². The molecule has 3 aromatic rings. The highest BCUT2D eigenvalue weighted by molar-refractivity contribution is 5.94. The number of rotatable bonds is 5. The molecule has 9 heteroatoms. The van der Waals surface area contributed by atoms with E-state index in [0.29, 0.717) is 0 Å². The molecule has 0 aliphatic carbocycles. The number of carboxylic acids is 1. The number of halogens is 1. The van der Waals surface area contributed by atoms with Crippen molar-refractivity contribution >= 4 is 17.4 Å². The van der Waals surface area contributed by atoms with Crippen LogP contribution in [0.25, 0.3) is 5.65 Å². The topological polar surface area (TPSA) is 120 Å². The standard InChI is InChI=1S/C17H17FN4O4/c1-17(2,26)14(10-7-9(18)3-4-12(10)23)20-13-5-6-22-15(21-13)11(8-19-22)16(24)25/h3-8,14,23,26H,1-2H3,(H,20,21)(H,24,25)/t14-/m0/s1. The van der Waals surface area contributed by atoms with Crippen molar-refractivity contribution in [2.45, 2.75) is 25.5 Å². The van der Waals surface area contributed by atoms with Gasteiger partial charge in [0.2, 0.25) is 0 Å². The highest BCUT2D eigenvalue weighted by atomic mass is 19.1. The Balaban J connectivity index is 2.05. The van der Waals surface area contributed by atoms with Crippen LogP contribution in [0.4, 0.5) is 10.2 Å². The van der Waals surface area contributed by atoms with Gasteiger partial charge in [0.1, 0.15) is 22.9 Å².